The third kappa shape index (κ3) is 3.82. The van der Waals surface area contributed by atoms with Gasteiger partial charge in [0.05, 0.1) is 24.8 Å². The molecule has 0 aliphatic heterocycles. The van der Waals surface area contributed by atoms with Gasteiger partial charge in [-0.3, -0.25) is 9.78 Å². The van der Waals surface area contributed by atoms with Gasteiger partial charge in [-0.05, 0) is 31.5 Å². The smallest absolute Gasteiger partial charge is 0.292 e. The van der Waals surface area contributed by atoms with Gasteiger partial charge in [-0.25, -0.2) is 4.98 Å². The lowest BCUT2D eigenvalue weighted by molar-refractivity contribution is 0.285. The zero-order valence-corrected chi connectivity index (χ0v) is 18.3. The summed E-state index contributed by atoms with van der Waals surface area (Å²) >= 11 is 0. The second-order valence-corrected chi connectivity index (χ2v) is 8.19. The number of methoxy groups -OCH3 is 1. The minimum Gasteiger partial charge on any atom is -0.491 e. The van der Waals surface area contributed by atoms with Gasteiger partial charge in [-0.2, -0.15) is 4.98 Å². The molecule has 162 valence electrons. The molecule has 1 aromatic carbocycles. The van der Waals surface area contributed by atoms with Crippen LogP contribution in [0.3, 0.4) is 0 Å². The Labute approximate surface area is 185 Å². The summed E-state index contributed by atoms with van der Waals surface area (Å²) in [5.41, 5.74) is 3.43. The molecule has 2 unspecified atom stereocenters. The standard InChI is InChI=1S/C25H24N4O3/c1-15-26-12-20(17-11-23(31-3)25(30)29(2)13-17)24(27-15)32-14-18-10-19(18)22-9-8-16-6-4-5-7-21(16)28-22/h4-9,11-13,18-19H,10,14H2,1-3H3. The summed E-state index contributed by atoms with van der Waals surface area (Å²) in [6.45, 7) is 2.38. The fraction of sp³-hybridized carbons (Fsp3) is 0.280. The van der Waals surface area contributed by atoms with Crippen LogP contribution >= 0.6 is 0 Å². The molecular weight excluding hydrogens is 404 g/mol. The number of fused-ring (bicyclic) bond motifs is 1. The number of rotatable bonds is 6. The first-order chi connectivity index (χ1) is 15.5. The van der Waals surface area contributed by atoms with Crippen molar-refractivity contribution in [2.75, 3.05) is 13.7 Å². The molecule has 1 saturated carbocycles. The quantitative estimate of drug-likeness (QED) is 0.464. The van der Waals surface area contributed by atoms with Crippen molar-refractivity contribution < 1.29 is 9.47 Å². The molecule has 0 radical (unpaired) electrons. The maximum Gasteiger partial charge on any atom is 0.292 e. The Bertz CT molecular complexity index is 1370. The molecule has 0 bridgehead atoms. The Kier molecular flexibility index (Phi) is 5.09. The van der Waals surface area contributed by atoms with Crippen LogP contribution in [0.2, 0.25) is 0 Å². The highest BCUT2D eigenvalue weighted by molar-refractivity contribution is 5.78. The van der Waals surface area contributed by atoms with Crippen LogP contribution in [0.25, 0.3) is 22.0 Å². The van der Waals surface area contributed by atoms with Crippen molar-refractivity contribution in [1.29, 1.82) is 0 Å². The first-order valence-corrected chi connectivity index (χ1v) is 10.6. The van der Waals surface area contributed by atoms with Gasteiger partial charge in [0.15, 0.2) is 5.75 Å². The van der Waals surface area contributed by atoms with E-state index in [1.165, 1.54) is 11.7 Å². The van der Waals surface area contributed by atoms with Crippen LogP contribution in [0, 0.1) is 12.8 Å². The molecule has 1 fully saturated rings. The minimum absolute atomic E-state index is 0.199. The summed E-state index contributed by atoms with van der Waals surface area (Å²) in [6, 6.07) is 14.1. The van der Waals surface area contributed by atoms with Crippen LogP contribution < -0.4 is 15.0 Å². The topological polar surface area (TPSA) is 79.1 Å². The van der Waals surface area contributed by atoms with E-state index in [1.54, 1.807) is 25.5 Å². The number of pyridine rings is 2. The lowest BCUT2D eigenvalue weighted by Crippen LogP contribution is -2.18. The molecule has 2 atom stereocenters. The average molecular weight is 428 g/mol. The second-order valence-electron chi connectivity index (χ2n) is 8.19. The molecule has 0 amide bonds. The number of hydrogen-bond donors (Lipinski definition) is 0. The van der Waals surface area contributed by atoms with Gasteiger partial charge in [0.2, 0.25) is 5.88 Å². The summed E-state index contributed by atoms with van der Waals surface area (Å²) in [6.07, 6.45) is 4.51. The number of aromatic nitrogens is 4. The van der Waals surface area contributed by atoms with Crippen molar-refractivity contribution in [3.05, 3.63) is 76.7 Å². The average Bonchev–Trinajstić information content (AvgIpc) is 3.59. The molecular formula is C25H24N4O3. The van der Waals surface area contributed by atoms with Gasteiger partial charge in [-0.15, -0.1) is 0 Å². The first kappa shape index (κ1) is 20.2. The van der Waals surface area contributed by atoms with Crippen LogP contribution in [0.5, 0.6) is 11.6 Å². The van der Waals surface area contributed by atoms with E-state index in [-0.39, 0.29) is 11.3 Å². The van der Waals surface area contributed by atoms with Crippen LogP contribution in [-0.2, 0) is 7.05 Å². The van der Waals surface area contributed by atoms with Crippen molar-refractivity contribution in [2.45, 2.75) is 19.3 Å². The van der Waals surface area contributed by atoms with Gasteiger partial charge in [-0.1, -0.05) is 24.3 Å². The molecule has 0 saturated heterocycles. The van der Waals surface area contributed by atoms with Crippen LogP contribution in [0.4, 0.5) is 0 Å². The predicted molar refractivity (Wildman–Crippen MR) is 122 cm³/mol. The highest BCUT2D eigenvalue weighted by Crippen LogP contribution is 2.47. The number of aryl methyl sites for hydroxylation is 2. The SMILES string of the molecule is COc1cc(-c2cnc(C)nc2OCC2CC2c2ccc3ccccc3n2)cn(C)c1=O. The Hall–Kier alpha value is -3.74. The monoisotopic (exact) mass is 428 g/mol. The van der Waals surface area contributed by atoms with Gasteiger partial charge < -0.3 is 14.0 Å². The van der Waals surface area contributed by atoms with Gasteiger partial charge in [0.1, 0.15) is 5.82 Å². The number of benzene rings is 1. The van der Waals surface area contributed by atoms with Gasteiger partial charge in [0, 0.05) is 47.9 Å². The van der Waals surface area contributed by atoms with E-state index in [4.69, 9.17) is 14.5 Å². The van der Waals surface area contributed by atoms with Gasteiger partial charge >= 0.3 is 0 Å². The number of hydrogen-bond acceptors (Lipinski definition) is 6. The highest BCUT2D eigenvalue weighted by Gasteiger charge is 2.40. The fourth-order valence-corrected chi connectivity index (χ4v) is 4.00. The number of ether oxygens (including phenoxy) is 2. The molecule has 32 heavy (non-hydrogen) atoms. The molecule has 4 aromatic rings. The first-order valence-electron chi connectivity index (χ1n) is 10.6. The van der Waals surface area contributed by atoms with E-state index in [0.717, 1.165) is 34.1 Å². The zero-order valence-electron chi connectivity index (χ0n) is 18.3. The number of para-hydroxylation sites is 1. The van der Waals surface area contributed by atoms with Crippen LogP contribution in [0.1, 0.15) is 23.9 Å². The second kappa shape index (κ2) is 8.07. The molecule has 0 spiro atoms. The maximum atomic E-state index is 12.2. The Morgan fingerprint density at radius 2 is 2.00 bits per heavy atom. The van der Waals surface area contributed by atoms with E-state index < -0.39 is 0 Å². The lowest BCUT2D eigenvalue weighted by atomic mass is 10.1. The zero-order chi connectivity index (χ0) is 22.2. The van der Waals surface area contributed by atoms with Crippen LogP contribution in [0.15, 0.2) is 59.7 Å². The lowest BCUT2D eigenvalue weighted by Gasteiger charge is -2.13. The molecule has 1 aliphatic rings. The van der Waals surface area contributed by atoms with E-state index in [9.17, 15) is 4.79 Å². The van der Waals surface area contributed by atoms with E-state index in [0.29, 0.717) is 30.1 Å². The summed E-state index contributed by atoms with van der Waals surface area (Å²) in [5.74, 6) is 2.19. The fourth-order valence-electron chi connectivity index (χ4n) is 4.00. The van der Waals surface area contributed by atoms with Crippen molar-refractivity contribution in [3.63, 3.8) is 0 Å². The molecule has 0 N–H and O–H groups in total. The predicted octanol–water partition coefficient (Wildman–Crippen LogP) is 3.89. The van der Waals surface area contributed by atoms with Crippen molar-refractivity contribution >= 4 is 10.9 Å². The molecule has 3 heterocycles. The van der Waals surface area contributed by atoms with Crippen molar-refractivity contribution in [3.8, 4) is 22.8 Å². The van der Waals surface area contributed by atoms with Gasteiger partial charge in [0.25, 0.3) is 5.56 Å². The molecule has 1 aliphatic carbocycles. The van der Waals surface area contributed by atoms with Crippen molar-refractivity contribution in [1.82, 2.24) is 19.5 Å². The molecule has 3 aromatic heterocycles. The van der Waals surface area contributed by atoms with E-state index in [1.807, 2.05) is 25.1 Å². The molecule has 7 heteroatoms. The summed E-state index contributed by atoms with van der Waals surface area (Å²) in [5, 5.41) is 1.15. The van der Waals surface area contributed by atoms with Crippen molar-refractivity contribution in [2.24, 2.45) is 13.0 Å². The Morgan fingerprint density at radius 3 is 2.84 bits per heavy atom. The third-order valence-corrected chi connectivity index (χ3v) is 5.91. The minimum atomic E-state index is -0.199. The summed E-state index contributed by atoms with van der Waals surface area (Å²) in [4.78, 5) is 25.8. The van der Waals surface area contributed by atoms with Crippen LogP contribution in [-0.4, -0.2) is 33.2 Å². The Balaban J connectivity index is 1.36. The maximum absolute atomic E-state index is 12.2. The molecule has 7 nitrogen and oxygen atoms in total. The van der Waals surface area contributed by atoms with E-state index >= 15 is 0 Å². The molecule has 5 rings (SSSR count). The number of nitrogens with zero attached hydrogens (tertiary/aromatic N) is 4. The highest BCUT2D eigenvalue weighted by atomic mass is 16.5. The van der Waals surface area contributed by atoms with E-state index in [2.05, 4.69) is 28.2 Å². The summed E-state index contributed by atoms with van der Waals surface area (Å²) in [7, 11) is 3.17. The normalized spacial score (nSPS) is 17.3. The Morgan fingerprint density at radius 1 is 1.16 bits per heavy atom. The largest absolute Gasteiger partial charge is 0.491 e. The third-order valence-electron chi connectivity index (χ3n) is 5.91. The summed E-state index contributed by atoms with van der Waals surface area (Å²) < 4.78 is 12.9.